The number of aromatic nitrogens is 2. The first-order chi connectivity index (χ1) is 8.53. The number of nitrogens with zero attached hydrogens (tertiary/aromatic N) is 3. The molecule has 1 aromatic heterocycles. The highest BCUT2D eigenvalue weighted by atomic mass is 35.5. The van der Waals surface area contributed by atoms with Crippen LogP contribution in [-0.2, 0) is 6.18 Å². The minimum Gasteiger partial charge on any atom is -0.389 e. The lowest BCUT2D eigenvalue weighted by Gasteiger charge is -2.29. The second kappa shape index (κ2) is 5.50. The molecule has 0 saturated heterocycles. The number of hydrogen-bond acceptors (Lipinski definition) is 4. The predicted molar refractivity (Wildman–Crippen MR) is 66.2 cm³/mol. The van der Waals surface area contributed by atoms with Crippen molar-refractivity contribution >= 4 is 17.4 Å². The molecular weight excluding hydrogens is 283 g/mol. The van der Waals surface area contributed by atoms with Crippen molar-refractivity contribution in [2.75, 3.05) is 18.0 Å². The first-order valence-electron chi connectivity index (χ1n) is 5.62. The van der Waals surface area contributed by atoms with Crippen LogP contribution >= 0.6 is 11.6 Å². The highest BCUT2D eigenvalue weighted by Crippen LogP contribution is 2.30. The molecule has 108 valence electrons. The van der Waals surface area contributed by atoms with E-state index in [0.29, 0.717) is 6.54 Å². The highest BCUT2D eigenvalue weighted by Gasteiger charge is 2.34. The van der Waals surface area contributed by atoms with Gasteiger partial charge in [0.2, 0.25) is 5.28 Å². The first-order valence-corrected chi connectivity index (χ1v) is 6.00. The Morgan fingerprint density at radius 3 is 2.32 bits per heavy atom. The van der Waals surface area contributed by atoms with Gasteiger partial charge in [-0.3, -0.25) is 0 Å². The van der Waals surface area contributed by atoms with Crippen LogP contribution in [0.5, 0.6) is 0 Å². The van der Waals surface area contributed by atoms with Gasteiger partial charge in [-0.05, 0) is 32.4 Å². The van der Waals surface area contributed by atoms with Crippen LogP contribution in [0.25, 0.3) is 0 Å². The fraction of sp³-hybridized carbons (Fsp3) is 0.636. The summed E-state index contributed by atoms with van der Waals surface area (Å²) in [5.74, 6) is 0.0388. The quantitative estimate of drug-likeness (QED) is 0.868. The molecule has 0 fully saturated rings. The number of anilines is 1. The maximum atomic E-state index is 12.6. The van der Waals surface area contributed by atoms with Crippen LogP contribution in [0.3, 0.4) is 0 Å². The topological polar surface area (TPSA) is 49.2 Å². The van der Waals surface area contributed by atoms with Crippen molar-refractivity contribution in [3.8, 4) is 0 Å². The summed E-state index contributed by atoms with van der Waals surface area (Å²) in [6, 6.07) is 0.821. The normalized spacial score (nSPS) is 12.6. The van der Waals surface area contributed by atoms with E-state index in [1.54, 1.807) is 20.8 Å². The molecule has 0 saturated carbocycles. The third-order valence-electron chi connectivity index (χ3n) is 2.26. The van der Waals surface area contributed by atoms with Gasteiger partial charge in [0.05, 0.1) is 5.60 Å². The number of rotatable bonds is 4. The molecule has 0 atom stereocenters. The minimum atomic E-state index is -4.59. The number of likely N-dealkylation sites (N-methyl/N-ethyl adjacent to an activating group) is 1. The van der Waals surface area contributed by atoms with Gasteiger partial charge < -0.3 is 10.0 Å². The van der Waals surface area contributed by atoms with Gasteiger partial charge in [-0.2, -0.15) is 13.2 Å². The third kappa shape index (κ3) is 4.83. The van der Waals surface area contributed by atoms with Crippen LogP contribution in [0.4, 0.5) is 19.0 Å². The van der Waals surface area contributed by atoms with Gasteiger partial charge in [0.25, 0.3) is 0 Å². The Morgan fingerprint density at radius 1 is 1.32 bits per heavy atom. The van der Waals surface area contributed by atoms with Gasteiger partial charge >= 0.3 is 6.18 Å². The Bertz CT molecular complexity index is 446. The summed E-state index contributed by atoms with van der Waals surface area (Å²) in [5, 5.41) is 9.27. The molecule has 1 N–H and O–H groups in total. The van der Waals surface area contributed by atoms with Gasteiger partial charge in [-0.15, -0.1) is 0 Å². The Hall–Kier alpha value is -1.08. The van der Waals surface area contributed by atoms with Crippen molar-refractivity contribution in [3.63, 3.8) is 0 Å². The third-order valence-corrected chi connectivity index (χ3v) is 2.43. The minimum absolute atomic E-state index is 0.0388. The zero-order valence-corrected chi connectivity index (χ0v) is 11.5. The summed E-state index contributed by atoms with van der Waals surface area (Å²) in [5.41, 5.74) is -2.16. The lowest BCUT2D eigenvalue weighted by molar-refractivity contribution is -0.141. The Balaban J connectivity index is 3.14. The van der Waals surface area contributed by atoms with Crippen LogP contribution in [-0.4, -0.2) is 33.8 Å². The first kappa shape index (κ1) is 16.0. The molecule has 0 amide bonds. The van der Waals surface area contributed by atoms with Gasteiger partial charge in [-0.25, -0.2) is 9.97 Å². The smallest absolute Gasteiger partial charge is 0.389 e. The van der Waals surface area contributed by atoms with E-state index in [0.717, 1.165) is 6.07 Å². The number of aliphatic hydroxyl groups is 1. The fourth-order valence-electron chi connectivity index (χ4n) is 1.53. The van der Waals surface area contributed by atoms with Crippen LogP contribution < -0.4 is 4.90 Å². The number of hydrogen-bond donors (Lipinski definition) is 1. The monoisotopic (exact) mass is 297 g/mol. The number of alkyl halides is 3. The van der Waals surface area contributed by atoms with Crippen LogP contribution in [0.2, 0.25) is 5.28 Å². The average molecular weight is 298 g/mol. The van der Waals surface area contributed by atoms with E-state index in [-0.39, 0.29) is 12.4 Å². The Morgan fingerprint density at radius 2 is 1.89 bits per heavy atom. The highest BCUT2D eigenvalue weighted by molar-refractivity contribution is 6.28. The fourth-order valence-corrected chi connectivity index (χ4v) is 1.71. The van der Waals surface area contributed by atoms with E-state index in [1.807, 2.05) is 0 Å². The summed E-state index contributed by atoms with van der Waals surface area (Å²) in [6.45, 7) is 5.38. The van der Waals surface area contributed by atoms with Gasteiger partial charge in [0.1, 0.15) is 5.82 Å². The summed E-state index contributed by atoms with van der Waals surface area (Å²) in [4.78, 5) is 8.43. The van der Waals surface area contributed by atoms with Crippen molar-refractivity contribution in [2.24, 2.45) is 0 Å². The molecule has 0 aromatic carbocycles. The van der Waals surface area contributed by atoms with E-state index in [4.69, 9.17) is 11.6 Å². The maximum absolute atomic E-state index is 12.6. The molecule has 1 heterocycles. The van der Waals surface area contributed by atoms with E-state index in [2.05, 4.69) is 9.97 Å². The Labute approximate surface area is 114 Å². The van der Waals surface area contributed by atoms with E-state index >= 15 is 0 Å². The second-order valence-electron chi connectivity index (χ2n) is 4.70. The molecular formula is C11H15ClF3N3O. The lowest BCUT2D eigenvalue weighted by atomic mass is 10.1. The molecule has 0 aliphatic rings. The molecule has 0 aliphatic heterocycles. The predicted octanol–water partition coefficient (Wildman–Crippen LogP) is 2.75. The molecule has 0 bridgehead atoms. The largest absolute Gasteiger partial charge is 0.433 e. The summed E-state index contributed by atoms with van der Waals surface area (Å²) < 4.78 is 37.9. The molecule has 1 rings (SSSR count). The zero-order chi connectivity index (χ0) is 14.8. The van der Waals surface area contributed by atoms with E-state index in [9.17, 15) is 18.3 Å². The van der Waals surface area contributed by atoms with Crippen molar-refractivity contribution in [1.82, 2.24) is 9.97 Å². The molecule has 19 heavy (non-hydrogen) atoms. The molecule has 0 aliphatic carbocycles. The molecule has 1 aromatic rings. The maximum Gasteiger partial charge on any atom is 0.433 e. The molecule has 8 heteroatoms. The van der Waals surface area contributed by atoms with Gasteiger partial charge in [-0.1, -0.05) is 0 Å². The van der Waals surface area contributed by atoms with Crippen molar-refractivity contribution in [3.05, 3.63) is 17.0 Å². The molecule has 4 nitrogen and oxygen atoms in total. The summed E-state index contributed by atoms with van der Waals surface area (Å²) >= 11 is 5.52. The van der Waals surface area contributed by atoms with E-state index < -0.39 is 22.8 Å². The van der Waals surface area contributed by atoms with Gasteiger partial charge in [0, 0.05) is 19.2 Å². The van der Waals surface area contributed by atoms with Crippen LogP contribution in [0, 0.1) is 0 Å². The van der Waals surface area contributed by atoms with E-state index in [1.165, 1.54) is 4.90 Å². The SMILES string of the molecule is CCN(CC(C)(C)O)c1cc(C(F)(F)F)nc(Cl)n1. The summed E-state index contributed by atoms with van der Waals surface area (Å²) in [6.07, 6.45) is -4.59. The van der Waals surface area contributed by atoms with Crippen molar-refractivity contribution in [1.29, 1.82) is 0 Å². The van der Waals surface area contributed by atoms with Crippen molar-refractivity contribution < 1.29 is 18.3 Å². The second-order valence-corrected chi connectivity index (χ2v) is 5.04. The zero-order valence-electron chi connectivity index (χ0n) is 10.8. The summed E-state index contributed by atoms with van der Waals surface area (Å²) in [7, 11) is 0. The van der Waals surface area contributed by atoms with Gasteiger partial charge in [0.15, 0.2) is 5.69 Å². The molecule has 0 spiro atoms. The molecule has 0 radical (unpaired) electrons. The Kier molecular flexibility index (Phi) is 4.63. The average Bonchev–Trinajstić information content (AvgIpc) is 2.22. The van der Waals surface area contributed by atoms with Crippen molar-refractivity contribution in [2.45, 2.75) is 32.5 Å². The molecule has 0 unspecified atom stereocenters. The standard InChI is InChI=1S/C11H15ClF3N3O/c1-4-18(6-10(2,3)19)8-5-7(11(13,14)15)16-9(12)17-8/h5,19H,4,6H2,1-3H3. The van der Waals surface area contributed by atoms with Crippen LogP contribution in [0.1, 0.15) is 26.5 Å². The van der Waals surface area contributed by atoms with Crippen LogP contribution in [0.15, 0.2) is 6.07 Å². The lowest BCUT2D eigenvalue weighted by Crippen LogP contribution is -2.39. The number of halogens is 4.